The van der Waals surface area contributed by atoms with E-state index in [0.29, 0.717) is 0 Å². The number of benzene rings is 2. The number of aromatic hydroxyl groups is 4. The average Bonchev–Trinajstić information content (AvgIpc) is 3.07. The van der Waals surface area contributed by atoms with Gasteiger partial charge in [-0.1, -0.05) is 0 Å². The first-order chi connectivity index (χ1) is 15.6. The molecular formula is C21H20O12. The lowest BCUT2D eigenvalue weighted by molar-refractivity contribution is -0.137. The van der Waals surface area contributed by atoms with Crippen LogP contribution in [0, 0.1) is 0 Å². The van der Waals surface area contributed by atoms with Crippen molar-refractivity contribution in [2.45, 2.75) is 30.7 Å². The summed E-state index contributed by atoms with van der Waals surface area (Å²) in [6.07, 6.45) is -8.11. The summed E-state index contributed by atoms with van der Waals surface area (Å²) in [7, 11) is 0. The number of phenols is 4. The van der Waals surface area contributed by atoms with Gasteiger partial charge in [0, 0.05) is 11.6 Å². The van der Waals surface area contributed by atoms with E-state index in [4.69, 9.17) is 19.0 Å². The lowest BCUT2D eigenvalue weighted by Crippen LogP contribution is -2.40. The molecule has 12 heteroatoms. The number of rotatable bonds is 5. The molecule has 1 aromatic heterocycles. The number of aliphatic hydroxyl groups excluding tert-OH is 4. The fraction of sp³-hybridized carbons (Fsp3) is 0.286. The molecule has 0 unspecified atom stereocenters. The minimum Gasteiger partial charge on any atom is -0.508 e. The van der Waals surface area contributed by atoms with Gasteiger partial charge in [0.05, 0.1) is 6.61 Å². The molecule has 1 fully saturated rings. The van der Waals surface area contributed by atoms with Crippen LogP contribution in [0.4, 0.5) is 0 Å². The van der Waals surface area contributed by atoms with Crippen LogP contribution >= 0.6 is 0 Å². The zero-order valence-corrected chi connectivity index (χ0v) is 16.7. The first kappa shape index (κ1) is 22.6. The maximum Gasteiger partial charge on any atom is 0.239 e. The quantitative estimate of drug-likeness (QED) is 0.177. The molecular weight excluding hydrogens is 444 g/mol. The van der Waals surface area contributed by atoms with Crippen molar-refractivity contribution in [1.82, 2.24) is 0 Å². The number of ether oxygens (including phenoxy) is 2. The van der Waals surface area contributed by atoms with Crippen molar-refractivity contribution in [3.63, 3.8) is 0 Å². The van der Waals surface area contributed by atoms with E-state index >= 15 is 0 Å². The Morgan fingerprint density at radius 2 is 1.67 bits per heavy atom. The predicted octanol–water partition coefficient (Wildman–Crippen LogP) is -0.539. The van der Waals surface area contributed by atoms with Gasteiger partial charge in [-0.3, -0.25) is 4.79 Å². The van der Waals surface area contributed by atoms with Crippen molar-refractivity contribution in [3.05, 3.63) is 40.6 Å². The molecule has 0 aliphatic carbocycles. The van der Waals surface area contributed by atoms with Crippen LogP contribution in [0.25, 0.3) is 22.3 Å². The summed E-state index contributed by atoms with van der Waals surface area (Å²) in [6.45, 7) is -0.783. The van der Waals surface area contributed by atoms with Crippen LogP contribution in [0.3, 0.4) is 0 Å². The zero-order chi connectivity index (χ0) is 24.0. The van der Waals surface area contributed by atoms with E-state index in [1.165, 1.54) is 24.3 Å². The summed E-state index contributed by atoms with van der Waals surface area (Å²) >= 11 is 0. The third-order valence-electron chi connectivity index (χ3n) is 5.24. The van der Waals surface area contributed by atoms with Gasteiger partial charge in [-0.15, -0.1) is 0 Å². The minimum absolute atomic E-state index is 0.110. The van der Waals surface area contributed by atoms with Crippen molar-refractivity contribution < 1.29 is 54.7 Å². The molecule has 0 bridgehead atoms. The molecule has 8 N–H and O–H groups in total. The Bertz CT molecular complexity index is 1230. The molecule has 1 aliphatic rings. The summed E-state index contributed by atoms with van der Waals surface area (Å²) in [5.74, 6) is -3.37. The van der Waals surface area contributed by atoms with Crippen molar-refractivity contribution in [2.24, 2.45) is 0 Å². The van der Waals surface area contributed by atoms with Gasteiger partial charge in [0.2, 0.25) is 23.2 Å². The molecule has 0 radical (unpaired) electrons. The van der Waals surface area contributed by atoms with E-state index in [9.17, 15) is 40.5 Å². The largest absolute Gasteiger partial charge is 0.508 e. The highest BCUT2D eigenvalue weighted by molar-refractivity contribution is 5.93. The van der Waals surface area contributed by atoms with Gasteiger partial charge >= 0.3 is 0 Å². The molecule has 1 aliphatic heterocycles. The monoisotopic (exact) mass is 464 g/mol. The second kappa shape index (κ2) is 8.42. The van der Waals surface area contributed by atoms with Gasteiger partial charge in [0.25, 0.3) is 0 Å². The normalized spacial score (nSPS) is 23.6. The lowest BCUT2D eigenvalue weighted by Gasteiger charge is -2.19. The Morgan fingerprint density at radius 1 is 1.00 bits per heavy atom. The van der Waals surface area contributed by atoms with Crippen LogP contribution in [-0.2, 0) is 4.74 Å². The zero-order valence-electron chi connectivity index (χ0n) is 16.7. The van der Waals surface area contributed by atoms with Crippen molar-refractivity contribution in [2.75, 3.05) is 6.61 Å². The van der Waals surface area contributed by atoms with Crippen LogP contribution in [0.5, 0.6) is 28.7 Å². The molecule has 3 aromatic rings. The van der Waals surface area contributed by atoms with Crippen LogP contribution in [0.2, 0.25) is 0 Å². The topological polar surface area (TPSA) is 211 Å². The van der Waals surface area contributed by atoms with E-state index in [0.717, 1.165) is 6.07 Å². The number of hydrogen-bond acceptors (Lipinski definition) is 12. The number of fused-ring (bicyclic) bond motifs is 1. The molecule has 176 valence electrons. The van der Waals surface area contributed by atoms with Gasteiger partial charge in [-0.2, -0.15) is 0 Å². The van der Waals surface area contributed by atoms with Crippen molar-refractivity contribution >= 4 is 11.0 Å². The van der Waals surface area contributed by atoms with E-state index < -0.39 is 76.7 Å². The highest BCUT2D eigenvalue weighted by Gasteiger charge is 2.48. The van der Waals surface area contributed by atoms with Crippen LogP contribution < -0.4 is 10.2 Å². The Labute approximate surface area is 184 Å². The standard InChI is InChI=1S/C21H20O12/c22-6-11(26)18-15(29)16(30)21(32-18)33-20-14(28)12-9(24)5-10(25)13(27)19(12)31-17(20)7-1-3-8(23)4-2-7/h1-5,11,15-16,18,21-27,29-30H,6H2/t11-,15-,16+,18-,21+/m1/s1. The van der Waals surface area contributed by atoms with Gasteiger partial charge in [0.1, 0.15) is 41.3 Å². The number of hydrogen-bond donors (Lipinski definition) is 8. The summed E-state index contributed by atoms with van der Waals surface area (Å²) in [6, 6.07) is 5.93. The van der Waals surface area contributed by atoms with E-state index in [1.807, 2.05) is 0 Å². The molecule has 0 amide bonds. The Balaban J connectivity index is 1.89. The third-order valence-corrected chi connectivity index (χ3v) is 5.24. The van der Waals surface area contributed by atoms with Gasteiger partial charge < -0.3 is 54.7 Å². The maximum atomic E-state index is 13.2. The molecule has 5 atom stereocenters. The van der Waals surface area contributed by atoms with Gasteiger partial charge in [-0.05, 0) is 24.3 Å². The highest BCUT2D eigenvalue weighted by atomic mass is 16.7. The Morgan fingerprint density at radius 3 is 2.30 bits per heavy atom. The van der Waals surface area contributed by atoms with Crippen LogP contribution in [0.1, 0.15) is 0 Å². The molecule has 0 saturated carbocycles. The number of phenolic OH excluding ortho intramolecular Hbond substituents is 4. The predicted molar refractivity (Wildman–Crippen MR) is 109 cm³/mol. The molecule has 2 aromatic carbocycles. The Kier molecular flexibility index (Phi) is 5.78. The first-order valence-electron chi connectivity index (χ1n) is 9.65. The van der Waals surface area contributed by atoms with Gasteiger partial charge in [0.15, 0.2) is 17.1 Å². The second-order valence-electron chi connectivity index (χ2n) is 7.42. The number of aliphatic hydroxyl groups is 4. The average molecular weight is 464 g/mol. The fourth-order valence-corrected chi connectivity index (χ4v) is 3.52. The SMILES string of the molecule is O=c1c(O[C@@H]2O[C@H]([C@H](O)CO)[C@H](O)[C@@H]2O)c(-c2ccc(O)cc2)oc2c(O)c(O)cc(O)c12. The lowest BCUT2D eigenvalue weighted by atomic mass is 10.1. The van der Waals surface area contributed by atoms with Crippen molar-refractivity contribution in [3.8, 4) is 40.1 Å². The third kappa shape index (κ3) is 3.79. The minimum atomic E-state index is -1.75. The molecule has 1 saturated heterocycles. The molecule has 0 spiro atoms. The summed E-state index contributed by atoms with van der Waals surface area (Å²) < 4.78 is 16.4. The first-order valence-corrected chi connectivity index (χ1v) is 9.65. The van der Waals surface area contributed by atoms with Crippen LogP contribution in [-0.4, -0.2) is 78.2 Å². The molecule has 33 heavy (non-hydrogen) atoms. The van der Waals surface area contributed by atoms with Gasteiger partial charge in [-0.25, -0.2) is 0 Å². The highest BCUT2D eigenvalue weighted by Crippen LogP contribution is 2.42. The molecule has 2 heterocycles. The second-order valence-corrected chi connectivity index (χ2v) is 7.42. The van der Waals surface area contributed by atoms with Crippen LogP contribution in [0.15, 0.2) is 39.5 Å². The maximum absolute atomic E-state index is 13.2. The van der Waals surface area contributed by atoms with E-state index in [-0.39, 0.29) is 17.1 Å². The fourth-order valence-electron chi connectivity index (χ4n) is 3.52. The van der Waals surface area contributed by atoms with Crippen molar-refractivity contribution in [1.29, 1.82) is 0 Å². The van der Waals surface area contributed by atoms with E-state index in [2.05, 4.69) is 0 Å². The molecule has 4 rings (SSSR count). The smallest absolute Gasteiger partial charge is 0.239 e. The summed E-state index contributed by atoms with van der Waals surface area (Å²) in [4.78, 5) is 13.2. The summed E-state index contributed by atoms with van der Waals surface area (Å²) in [5.41, 5.74) is -1.43. The summed E-state index contributed by atoms with van der Waals surface area (Å²) in [5, 5.41) is 78.5. The molecule has 12 nitrogen and oxygen atoms in total. The van der Waals surface area contributed by atoms with E-state index in [1.54, 1.807) is 0 Å². The Hall–Kier alpha value is -3.55.